The molecule has 10 atom stereocenters. The predicted octanol–water partition coefficient (Wildman–Crippen LogP) is 5.78. The lowest BCUT2D eigenvalue weighted by Crippen LogP contribution is -2.37. The summed E-state index contributed by atoms with van der Waals surface area (Å²) in [4.78, 5) is 55.0. The molecular formula is C40H36F2N12O10P2S. The Balaban J connectivity index is 0.992. The van der Waals surface area contributed by atoms with Crippen molar-refractivity contribution >= 4 is 72.9 Å². The van der Waals surface area contributed by atoms with Crippen LogP contribution in [0.2, 0.25) is 0 Å². The summed E-state index contributed by atoms with van der Waals surface area (Å²) in [5, 5.41) is 14.7. The van der Waals surface area contributed by atoms with Crippen molar-refractivity contribution in [3.63, 3.8) is 0 Å². The molecule has 0 saturated carbocycles. The molecule has 346 valence electrons. The number of fused-ring (bicyclic) bond motifs is 4. The number of alkyl halides is 2. The van der Waals surface area contributed by atoms with Gasteiger partial charge in [0.05, 0.1) is 45.0 Å². The summed E-state index contributed by atoms with van der Waals surface area (Å²) in [6, 6.07) is 18.8. The van der Waals surface area contributed by atoms with E-state index in [1.807, 2.05) is 6.07 Å². The maximum Gasteiger partial charge on any atom is 0.333 e. The van der Waals surface area contributed by atoms with E-state index in [0.717, 1.165) is 0 Å². The van der Waals surface area contributed by atoms with Crippen molar-refractivity contribution in [2.24, 2.45) is 0 Å². The Kier molecular flexibility index (Phi) is 14.2. The number of ether oxygens (including phenoxy) is 2. The Morgan fingerprint density at radius 1 is 0.836 bits per heavy atom. The van der Waals surface area contributed by atoms with Crippen molar-refractivity contribution in [3.8, 4) is 6.07 Å². The van der Waals surface area contributed by atoms with E-state index >= 15 is 8.78 Å². The monoisotopic (exact) mass is 976 g/mol. The van der Waals surface area contributed by atoms with Gasteiger partial charge in [0.2, 0.25) is 6.54 Å². The molecule has 3 saturated heterocycles. The zero-order valence-electron chi connectivity index (χ0n) is 34.6. The van der Waals surface area contributed by atoms with Gasteiger partial charge in [-0.2, -0.15) is 5.26 Å². The summed E-state index contributed by atoms with van der Waals surface area (Å²) in [5.41, 5.74) is 1.18. The molecule has 0 bridgehead atoms. The zero-order chi connectivity index (χ0) is 46.5. The number of aromatic nitrogens is 8. The van der Waals surface area contributed by atoms with Crippen LogP contribution in [-0.4, -0.2) is 121 Å². The standard InChI is InChI=1S/C40H36F2N12O10P2S/c1-44-14-16-57-65-58-17-25-32(28(42)40(61-25)54-22-50-30-34(46-20-48-36(30)54)52-38(56)24-11-6-3-7-12-24)64-66(67,59-15-8-13-43)60-18-26-31(63-65)27(41)39(62-26)53-21-49-29-33(45-19-47-35(29)53)51-37(55)23-9-4-2-5-10-23/h2-7,9-12,19-22,25-28,31-32,39-40H,8,14-18H2,(H,45,47,51,55)(H,46,48,52,56)/t25-,26-,27?,28+,31+,32?,39-,40-,65?,66?/m1/s1. The lowest BCUT2D eigenvalue weighted by molar-refractivity contribution is -0.0607. The number of carbonyl (C=O) groups excluding carboxylic acids is 2. The van der Waals surface area contributed by atoms with Crippen molar-refractivity contribution < 1.29 is 55.0 Å². The van der Waals surface area contributed by atoms with Crippen LogP contribution >= 0.6 is 15.3 Å². The smallest absolute Gasteiger partial charge is 0.333 e. The second kappa shape index (κ2) is 20.5. The molecule has 2 amide bonds. The number of anilines is 2. The van der Waals surface area contributed by atoms with Crippen LogP contribution in [-0.2, 0) is 48.4 Å². The van der Waals surface area contributed by atoms with Gasteiger partial charge in [0.1, 0.15) is 43.7 Å². The molecule has 9 rings (SSSR count). The minimum absolute atomic E-state index is 0.0546. The summed E-state index contributed by atoms with van der Waals surface area (Å²) < 4.78 is 85.5. The van der Waals surface area contributed by atoms with Gasteiger partial charge in [-0.15, -0.1) is 0 Å². The lowest BCUT2D eigenvalue weighted by Gasteiger charge is -2.31. The molecule has 0 aliphatic carbocycles. The Bertz CT molecular complexity index is 2880. The first-order chi connectivity index (χ1) is 32.6. The van der Waals surface area contributed by atoms with Crippen molar-refractivity contribution in [1.82, 2.24) is 39.0 Å². The topological polar surface area (TPSA) is 247 Å². The Hall–Kier alpha value is -5.92. The molecule has 4 unspecified atom stereocenters. The summed E-state index contributed by atoms with van der Waals surface area (Å²) in [7, 11) is -2.52. The minimum atomic E-state index is -4.07. The number of amides is 2. The molecule has 27 heteroatoms. The molecule has 7 heterocycles. The van der Waals surface area contributed by atoms with Gasteiger partial charge < -0.3 is 47.6 Å². The largest absolute Gasteiger partial charge is 0.346 e. The van der Waals surface area contributed by atoms with E-state index in [4.69, 9.17) is 55.0 Å². The van der Waals surface area contributed by atoms with Gasteiger partial charge in [-0.1, -0.05) is 36.4 Å². The number of benzene rings is 2. The normalized spacial score (nSPS) is 27.5. The van der Waals surface area contributed by atoms with Gasteiger partial charge >= 0.3 is 15.3 Å². The van der Waals surface area contributed by atoms with Crippen LogP contribution in [0.15, 0.2) is 86.0 Å². The fourth-order valence-corrected chi connectivity index (χ4v) is 10.5. The van der Waals surface area contributed by atoms with E-state index in [-0.39, 0.29) is 60.1 Å². The maximum absolute atomic E-state index is 17.1. The van der Waals surface area contributed by atoms with Crippen LogP contribution in [0.5, 0.6) is 0 Å². The second-order valence-electron chi connectivity index (χ2n) is 14.6. The number of hydrogen-bond acceptors (Lipinski definition) is 18. The van der Waals surface area contributed by atoms with Crippen LogP contribution in [0.25, 0.3) is 27.2 Å². The molecule has 3 aliphatic heterocycles. The lowest BCUT2D eigenvalue weighted by atomic mass is 10.1. The van der Waals surface area contributed by atoms with E-state index in [1.165, 1.54) is 34.4 Å². The highest BCUT2D eigenvalue weighted by atomic mass is 32.5. The summed E-state index contributed by atoms with van der Waals surface area (Å²) in [5.74, 6) is -0.817. The van der Waals surface area contributed by atoms with Gasteiger partial charge in [0, 0.05) is 11.1 Å². The van der Waals surface area contributed by atoms with Crippen LogP contribution in [0.1, 0.15) is 39.6 Å². The Morgan fingerprint density at radius 3 is 1.94 bits per heavy atom. The van der Waals surface area contributed by atoms with Gasteiger partial charge in [-0.05, 0) is 36.1 Å². The van der Waals surface area contributed by atoms with E-state index in [2.05, 4.69) is 45.4 Å². The van der Waals surface area contributed by atoms with E-state index < -0.39 is 89.6 Å². The number of halogens is 2. The van der Waals surface area contributed by atoms with E-state index in [0.29, 0.717) is 11.1 Å². The molecule has 0 spiro atoms. The third-order valence-electron chi connectivity index (χ3n) is 10.4. The molecular weight excluding hydrogens is 941 g/mol. The fourth-order valence-electron chi connectivity index (χ4n) is 7.26. The van der Waals surface area contributed by atoms with Crippen LogP contribution in [0, 0.1) is 17.9 Å². The first kappa shape index (κ1) is 46.2. The fraction of sp³-hybridized carbons (Fsp3) is 0.350. The highest BCUT2D eigenvalue weighted by molar-refractivity contribution is 8.07. The maximum atomic E-state index is 17.1. The van der Waals surface area contributed by atoms with Gasteiger partial charge in [-0.3, -0.25) is 23.2 Å². The number of rotatable bonds is 12. The Morgan fingerprint density at radius 2 is 1.39 bits per heavy atom. The van der Waals surface area contributed by atoms with Crippen LogP contribution in [0.4, 0.5) is 20.4 Å². The van der Waals surface area contributed by atoms with Gasteiger partial charge in [-0.25, -0.2) is 45.3 Å². The molecule has 22 nitrogen and oxygen atoms in total. The predicted molar refractivity (Wildman–Crippen MR) is 234 cm³/mol. The molecule has 3 aliphatic rings. The third kappa shape index (κ3) is 9.90. The van der Waals surface area contributed by atoms with Gasteiger partial charge in [0.25, 0.3) is 11.8 Å². The average Bonchev–Trinajstić information content (AvgIpc) is 4.12. The molecule has 2 aromatic carbocycles. The van der Waals surface area contributed by atoms with Crippen molar-refractivity contribution in [2.75, 3.05) is 43.6 Å². The van der Waals surface area contributed by atoms with Crippen LogP contribution in [0.3, 0.4) is 0 Å². The van der Waals surface area contributed by atoms with Crippen LogP contribution < -0.4 is 10.6 Å². The average molecular weight is 977 g/mol. The molecule has 6 aromatic rings. The first-order valence-corrected chi connectivity index (χ1v) is 24.0. The zero-order valence-corrected chi connectivity index (χ0v) is 37.2. The molecule has 0 radical (unpaired) electrons. The molecule has 4 aromatic heterocycles. The Labute approximate surface area is 384 Å². The number of nitrogens with one attached hydrogen (secondary N) is 2. The van der Waals surface area contributed by atoms with Gasteiger partial charge in [0.15, 0.2) is 58.8 Å². The SMILES string of the molecule is [C-]#[N+]CCOP1OC[C@H]2O[C@@H](n3cnc4c(NC(=O)c5ccccc5)ncnc43)[C@@H](F)C2OP(=S)(OCCC#N)OC[C@H]2O[C@@H](n3cnc4c(NC(=O)c5ccccc5)ncnc43)C(F)[C@H]2O1. The highest BCUT2D eigenvalue weighted by Gasteiger charge is 2.54. The van der Waals surface area contributed by atoms with E-state index in [1.54, 1.807) is 60.7 Å². The summed E-state index contributed by atoms with van der Waals surface area (Å²) >= 11 is 5.81. The quantitative estimate of drug-likeness (QED) is 0.0838. The number of imidazole rings is 2. The number of nitriles is 1. The number of hydrogen-bond donors (Lipinski definition) is 2. The van der Waals surface area contributed by atoms with Crippen molar-refractivity contribution in [2.45, 2.75) is 55.6 Å². The number of nitrogens with zero attached hydrogens (tertiary/aromatic N) is 10. The third-order valence-corrected chi connectivity index (χ3v) is 13.9. The summed E-state index contributed by atoms with van der Waals surface area (Å²) in [6.07, 6.45) is -7.93. The molecule has 3 fully saturated rings. The number of carbonyl (C=O) groups is 2. The van der Waals surface area contributed by atoms with E-state index in [9.17, 15) is 14.9 Å². The highest BCUT2D eigenvalue weighted by Crippen LogP contribution is 2.56. The second-order valence-corrected chi connectivity index (χ2v) is 18.7. The molecule has 67 heavy (non-hydrogen) atoms. The van der Waals surface area contributed by atoms with Crippen molar-refractivity contribution in [1.29, 1.82) is 5.26 Å². The van der Waals surface area contributed by atoms with Crippen molar-refractivity contribution in [3.05, 3.63) is 109 Å². The molecule has 2 N–H and O–H groups in total. The minimum Gasteiger partial charge on any atom is -0.346 e. The first-order valence-electron chi connectivity index (χ1n) is 20.3. The summed E-state index contributed by atoms with van der Waals surface area (Å²) in [6.45, 7) is 1.62.